The number of hydrogen-bond acceptors (Lipinski definition) is 6. The third-order valence-corrected chi connectivity index (χ3v) is 8.25. The number of fused-ring (bicyclic) bond motifs is 1. The fourth-order valence-electron chi connectivity index (χ4n) is 3.13. The molecule has 0 atom stereocenters. The molecule has 0 spiro atoms. The molecule has 1 amide bonds. The van der Waals surface area contributed by atoms with Crippen molar-refractivity contribution in [2.75, 3.05) is 37.8 Å². The van der Waals surface area contributed by atoms with Crippen LogP contribution in [0.25, 0.3) is 10.2 Å². The summed E-state index contributed by atoms with van der Waals surface area (Å²) >= 11 is 7.73. The zero-order valence-electron chi connectivity index (χ0n) is 17.8. The molecule has 31 heavy (non-hydrogen) atoms. The predicted molar refractivity (Wildman–Crippen MR) is 128 cm³/mol. The summed E-state index contributed by atoms with van der Waals surface area (Å²) in [6.45, 7) is 3.09. The molecule has 3 rings (SSSR count). The number of likely N-dealkylation sites (N-methyl/N-ethyl adjacent to an activating group) is 1. The second-order valence-electron chi connectivity index (χ2n) is 7.62. The van der Waals surface area contributed by atoms with Crippen LogP contribution in [0, 0.1) is 6.92 Å². The summed E-state index contributed by atoms with van der Waals surface area (Å²) in [4.78, 5) is 21.7. The van der Waals surface area contributed by atoms with Crippen molar-refractivity contribution in [2.45, 2.75) is 24.7 Å². The molecule has 0 fully saturated rings. The second-order valence-corrected chi connectivity index (χ2v) is 11.1. The highest BCUT2D eigenvalue weighted by atomic mass is 35.5. The summed E-state index contributed by atoms with van der Waals surface area (Å²) in [6.07, 6.45) is 0.376. The first-order valence-corrected chi connectivity index (χ1v) is 12.8. The van der Waals surface area contributed by atoms with Crippen LogP contribution in [0.4, 0.5) is 5.13 Å². The van der Waals surface area contributed by atoms with E-state index in [9.17, 15) is 13.2 Å². The number of sulfone groups is 1. The SMILES string of the molecule is Cc1ccc(Cl)c2sc(N(CCN(C)C)C(=O)CCCS(=O)(=O)c3ccccc3)nc12. The van der Waals surface area contributed by atoms with E-state index in [1.54, 1.807) is 35.2 Å². The van der Waals surface area contributed by atoms with Crippen LogP contribution in [0.15, 0.2) is 47.4 Å². The molecule has 3 aromatic rings. The van der Waals surface area contributed by atoms with Crippen LogP contribution in [0.2, 0.25) is 5.02 Å². The van der Waals surface area contributed by atoms with Crippen molar-refractivity contribution in [1.82, 2.24) is 9.88 Å². The van der Waals surface area contributed by atoms with Gasteiger partial charge >= 0.3 is 0 Å². The number of carbonyl (C=O) groups excluding carboxylic acids is 1. The Hall–Kier alpha value is -2.00. The van der Waals surface area contributed by atoms with E-state index in [1.807, 2.05) is 38.1 Å². The van der Waals surface area contributed by atoms with Gasteiger partial charge in [-0.1, -0.05) is 47.2 Å². The number of thiazole rings is 1. The van der Waals surface area contributed by atoms with Gasteiger partial charge in [0.2, 0.25) is 5.91 Å². The number of aryl methyl sites for hydroxylation is 1. The minimum atomic E-state index is -3.41. The van der Waals surface area contributed by atoms with Crippen molar-refractivity contribution < 1.29 is 13.2 Å². The van der Waals surface area contributed by atoms with Crippen LogP contribution in [0.1, 0.15) is 18.4 Å². The van der Waals surface area contributed by atoms with E-state index < -0.39 is 9.84 Å². The number of anilines is 1. The molecule has 0 aliphatic carbocycles. The van der Waals surface area contributed by atoms with Crippen molar-refractivity contribution in [1.29, 1.82) is 0 Å². The molecular formula is C22H26ClN3O3S2. The predicted octanol–water partition coefficient (Wildman–Crippen LogP) is 4.41. The molecule has 0 saturated heterocycles. The van der Waals surface area contributed by atoms with Crippen LogP contribution in [0.5, 0.6) is 0 Å². The van der Waals surface area contributed by atoms with E-state index in [0.29, 0.717) is 23.2 Å². The third-order valence-electron chi connectivity index (χ3n) is 4.89. The van der Waals surface area contributed by atoms with Crippen LogP contribution >= 0.6 is 22.9 Å². The van der Waals surface area contributed by atoms with Gasteiger partial charge in [0.15, 0.2) is 15.0 Å². The van der Waals surface area contributed by atoms with Gasteiger partial charge in [0, 0.05) is 19.5 Å². The molecule has 166 valence electrons. The van der Waals surface area contributed by atoms with E-state index >= 15 is 0 Å². The number of hydrogen-bond donors (Lipinski definition) is 0. The average Bonchev–Trinajstić information content (AvgIpc) is 3.18. The molecule has 0 radical (unpaired) electrons. The van der Waals surface area contributed by atoms with E-state index in [0.717, 1.165) is 15.8 Å². The van der Waals surface area contributed by atoms with Gasteiger partial charge in [0.25, 0.3) is 0 Å². The van der Waals surface area contributed by atoms with Gasteiger partial charge in [-0.25, -0.2) is 13.4 Å². The fourth-order valence-corrected chi connectivity index (χ4v) is 5.82. The van der Waals surface area contributed by atoms with Crippen LogP contribution in [-0.4, -0.2) is 57.1 Å². The molecule has 6 nitrogen and oxygen atoms in total. The van der Waals surface area contributed by atoms with E-state index in [4.69, 9.17) is 11.6 Å². The molecule has 2 aromatic carbocycles. The van der Waals surface area contributed by atoms with Gasteiger partial charge in [0.1, 0.15) is 0 Å². The molecule has 0 aliphatic heterocycles. The standard InChI is InChI=1S/C22H26ClN3O3S2/c1-16-11-12-18(23)21-20(16)24-22(30-21)26(14-13-25(2)3)19(27)10-7-15-31(28,29)17-8-5-4-6-9-17/h4-6,8-9,11-12H,7,10,13-15H2,1-3H3. The van der Waals surface area contributed by atoms with Crippen LogP contribution in [-0.2, 0) is 14.6 Å². The lowest BCUT2D eigenvalue weighted by Gasteiger charge is -2.22. The Labute approximate surface area is 192 Å². The summed E-state index contributed by atoms with van der Waals surface area (Å²) in [5.41, 5.74) is 1.79. The number of aromatic nitrogens is 1. The molecule has 0 N–H and O–H groups in total. The summed E-state index contributed by atoms with van der Waals surface area (Å²) in [6, 6.07) is 12.1. The number of nitrogens with zero attached hydrogens (tertiary/aromatic N) is 3. The number of carbonyl (C=O) groups is 1. The van der Waals surface area contributed by atoms with Crippen molar-refractivity contribution >= 4 is 54.0 Å². The van der Waals surface area contributed by atoms with Gasteiger partial charge in [-0.2, -0.15) is 0 Å². The molecule has 0 bridgehead atoms. The van der Waals surface area contributed by atoms with Crippen molar-refractivity contribution in [2.24, 2.45) is 0 Å². The van der Waals surface area contributed by atoms with Crippen molar-refractivity contribution in [3.8, 4) is 0 Å². The topological polar surface area (TPSA) is 70.6 Å². The molecule has 0 aliphatic rings. The Morgan fingerprint density at radius 3 is 2.45 bits per heavy atom. The second kappa shape index (κ2) is 10.1. The Morgan fingerprint density at radius 1 is 1.10 bits per heavy atom. The van der Waals surface area contributed by atoms with Crippen LogP contribution < -0.4 is 4.90 Å². The van der Waals surface area contributed by atoms with E-state index in [1.165, 1.54) is 11.3 Å². The number of benzene rings is 2. The quantitative estimate of drug-likeness (QED) is 0.454. The zero-order valence-corrected chi connectivity index (χ0v) is 20.2. The Kier molecular flexibility index (Phi) is 7.69. The first-order valence-electron chi connectivity index (χ1n) is 9.97. The lowest BCUT2D eigenvalue weighted by molar-refractivity contribution is -0.118. The minimum Gasteiger partial charge on any atom is -0.308 e. The first-order chi connectivity index (χ1) is 14.7. The van der Waals surface area contributed by atoms with Gasteiger partial charge in [0.05, 0.1) is 25.9 Å². The number of rotatable bonds is 9. The summed E-state index contributed by atoms with van der Waals surface area (Å²) < 4.78 is 25.9. The normalized spacial score (nSPS) is 11.9. The molecule has 0 unspecified atom stereocenters. The maximum atomic E-state index is 13.1. The summed E-state index contributed by atoms with van der Waals surface area (Å²) in [5, 5.41) is 1.20. The highest BCUT2D eigenvalue weighted by Gasteiger charge is 2.22. The number of amides is 1. The molecule has 1 heterocycles. The Bertz CT molecular complexity index is 1120. The average molecular weight is 480 g/mol. The van der Waals surface area contributed by atoms with E-state index in [-0.39, 0.29) is 29.4 Å². The molecule has 0 saturated carbocycles. The monoisotopic (exact) mass is 479 g/mol. The smallest absolute Gasteiger partial charge is 0.228 e. The number of halogens is 1. The fraction of sp³-hybridized carbons (Fsp3) is 0.364. The zero-order chi connectivity index (χ0) is 22.6. The Morgan fingerprint density at radius 2 is 1.81 bits per heavy atom. The lowest BCUT2D eigenvalue weighted by atomic mass is 10.2. The summed E-state index contributed by atoms with van der Waals surface area (Å²) in [5.74, 6) is -0.215. The largest absolute Gasteiger partial charge is 0.308 e. The maximum Gasteiger partial charge on any atom is 0.228 e. The molecule has 1 aromatic heterocycles. The molecular weight excluding hydrogens is 454 g/mol. The van der Waals surface area contributed by atoms with Crippen molar-refractivity contribution in [3.63, 3.8) is 0 Å². The van der Waals surface area contributed by atoms with Gasteiger partial charge in [-0.3, -0.25) is 9.69 Å². The van der Waals surface area contributed by atoms with Crippen LogP contribution in [0.3, 0.4) is 0 Å². The van der Waals surface area contributed by atoms with Crippen molar-refractivity contribution in [3.05, 3.63) is 53.1 Å². The molecule has 9 heteroatoms. The lowest BCUT2D eigenvalue weighted by Crippen LogP contribution is -2.36. The first kappa shape index (κ1) is 23.7. The highest BCUT2D eigenvalue weighted by Crippen LogP contribution is 2.35. The maximum absolute atomic E-state index is 13.1. The van der Waals surface area contributed by atoms with E-state index in [2.05, 4.69) is 4.98 Å². The van der Waals surface area contributed by atoms with Gasteiger partial charge < -0.3 is 4.90 Å². The Balaban J connectivity index is 1.77. The highest BCUT2D eigenvalue weighted by molar-refractivity contribution is 7.91. The summed E-state index contributed by atoms with van der Waals surface area (Å²) in [7, 11) is 0.465. The third kappa shape index (κ3) is 5.83. The minimum absolute atomic E-state index is 0.0744. The van der Waals surface area contributed by atoms with Gasteiger partial charge in [-0.05, 0) is 51.2 Å². The van der Waals surface area contributed by atoms with Gasteiger partial charge in [-0.15, -0.1) is 0 Å².